The number of hydrogen-bond acceptors (Lipinski definition) is 6. The predicted octanol–water partition coefficient (Wildman–Crippen LogP) is 4.61. The molecule has 0 N–H and O–H groups in total. The number of nitrogens with zero attached hydrogens (tertiary/aromatic N) is 3. The smallest absolute Gasteiger partial charge is 0.257 e. The Balaban J connectivity index is 1.41. The van der Waals surface area contributed by atoms with E-state index in [2.05, 4.69) is 51.7 Å². The van der Waals surface area contributed by atoms with Gasteiger partial charge in [-0.2, -0.15) is 4.98 Å². The summed E-state index contributed by atoms with van der Waals surface area (Å²) in [6, 6.07) is 20.3. The summed E-state index contributed by atoms with van der Waals surface area (Å²) < 4.78 is 10.4. The van der Waals surface area contributed by atoms with E-state index in [4.69, 9.17) is 9.05 Å². The number of aromatic nitrogens is 3. The molecule has 0 saturated carbocycles. The Hall–Kier alpha value is -2.86. The van der Waals surface area contributed by atoms with Gasteiger partial charge in [-0.3, -0.25) is 0 Å². The molecule has 124 valence electrons. The quantitative estimate of drug-likeness (QED) is 0.474. The van der Waals surface area contributed by atoms with Crippen molar-refractivity contribution in [2.75, 3.05) is 0 Å². The van der Waals surface area contributed by atoms with Crippen molar-refractivity contribution < 1.29 is 9.05 Å². The van der Waals surface area contributed by atoms with Crippen molar-refractivity contribution in [1.29, 1.82) is 0 Å². The fraction of sp³-hybridized carbons (Fsp3) is 0.105. The fourth-order valence-electron chi connectivity index (χ4n) is 2.36. The number of rotatable bonds is 6. The van der Waals surface area contributed by atoms with Gasteiger partial charge in [-0.1, -0.05) is 40.6 Å². The standard InChI is InChI=1S/C19H15N3O2S/c1-2-4-17(5-3-1)25-13-14-6-8-15(9-7-14)19-21-18(22-24-19)12-16-10-11-20-23-16/h1-11H,12-13H2. The van der Waals surface area contributed by atoms with Gasteiger partial charge >= 0.3 is 0 Å². The van der Waals surface area contributed by atoms with Crippen molar-refractivity contribution in [2.24, 2.45) is 0 Å². The summed E-state index contributed by atoms with van der Waals surface area (Å²) in [4.78, 5) is 5.67. The summed E-state index contributed by atoms with van der Waals surface area (Å²) in [5, 5.41) is 7.66. The van der Waals surface area contributed by atoms with Crippen LogP contribution in [0.3, 0.4) is 0 Å². The summed E-state index contributed by atoms with van der Waals surface area (Å²) >= 11 is 1.81. The van der Waals surface area contributed by atoms with Crippen molar-refractivity contribution in [3.63, 3.8) is 0 Å². The van der Waals surface area contributed by atoms with Gasteiger partial charge in [0.1, 0.15) is 5.76 Å². The molecule has 0 unspecified atom stereocenters. The Morgan fingerprint density at radius 2 is 1.72 bits per heavy atom. The first-order valence-corrected chi connectivity index (χ1v) is 8.85. The Morgan fingerprint density at radius 3 is 2.48 bits per heavy atom. The second-order valence-corrected chi connectivity index (χ2v) is 6.52. The van der Waals surface area contributed by atoms with Crippen LogP contribution in [0.1, 0.15) is 17.1 Å². The molecule has 5 nitrogen and oxygen atoms in total. The highest BCUT2D eigenvalue weighted by Crippen LogP contribution is 2.24. The second-order valence-electron chi connectivity index (χ2n) is 5.47. The summed E-state index contributed by atoms with van der Waals surface area (Å²) in [6.07, 6.45) is 2.07. The van der Waals surface area contributed by atoms with Crippen molar-refractivity contribution >= 4 is 11.8 Å². The minimum absolute atomic E-state index is 0.468. The van der Waals surface area contributed by atoms with E-state index in [1.54, 1.807) is 12.3 Å². The molecule has 6 heteroatoms. The van der Waals surface area contributed by atoms with Crippen LogP contribution in [0.4, 0.5) is 0 Å². The summed E-state index contributed by atoms with van der Waals surface area (Å²) in [5.74, 6) is 2.72. The topological polar surface area (TPSA) is 65.0 Å². The van der Waals surface area contributed by atoms with Gasteiger partial charge in [0.15, 0.2) is 5.82 Å². The number of thioether (sulfide) groups is 1. The molecule has 0 atom stereocenters. The number of benzene rings is 2. The molecule has 2 aromatic heterocycles. The molecule has 0 saturated heterocycles. The van der Waals surface area contributed by atoms with Crippen LogP contribution in [-0.4, -0.2) is 15.3 Å². The first kappa shape index (κ1) is 15.7. The lowest BCUT2D eigenvalue weighted by atomic mass is 10.1. The minimum Gasteiger partial charge on any atom is -0.361 e. The van der Waals surface area contributed by atoms with E-state index in [-0.39, 0.29) is 0 Å². The van der Waals surface area contributed by atoms with Gasteiger partial charge in [0.2, 0.25) is 0 Å². The molecule has 0 aliphatic carbocycles. The molecular formula is C19H15N3O2S. The SMILES string of the molecule is c1ccc(SCc2ccc(-c3nc(Cc4ccno4)no3)cc2)cc1. The Labute approximate surface area is 149 Å². The Bertz CT molecular complexity index is 919. The van der Waals surface area contributed by atoms with Crippen LogP contribution < -0.4 is 0 Å². The average molecular weight is 349 g/mol. The molecule has 4 rings (SSSR count). The Kier molecular flexibility index (Phi) is 4.61. The Morgan fingerprint density at radius 1 is 0.880 bits per heavy atom. The number of hydrogen-bond donors (Lipinski definition) is 0. The lowest BCUT2D eigenvalue weighted by Crippen LogP contribution is -1.88. The van der Waals surface area contributed by atoms with E-state index >= 15 is 0 Å². The molecule has 2 aromatic carbocycles. The van der Waals surface area contributed by atoms with E-state index in [9.17, 15) is 0 Å². The molecule has 0 aliphatic heterocycles. The zero-order valence-electron chi connectivity index (χ0n) is 13.3. The van der Waals surface area contributed by atoms with Gasteiger partial charge in [-0.25, -0.2) is 0 Å². The fourth-order valence-corrected chi connectivity index (χ4v) is 3.23. The zero-order valence-corrected chi connectivity index (χ0v) is 14.1. The minimum atomic E-state index is 0.468. The molecule has 0 bridgehead atoms. The molecule has 0 radical (unpaired) electrons. The van der Waals surface area contributed by atoms with E-state index in [0.717, 1.165) is 11.3 Å². The maximum absolute atomic E-state index is 5.34. The summed E-state index contributed by atoms with van der Waals surface area (Å²) in [5.41, 5.74) is 2.16. The molecule has 0 fully saturated rings. The molecule has 0 amide bonds. The third kappa shape index (κ3) is 3.97. The monoisotopic (exact) mass is 349 g/mol. The van der Waals surface area contributed by atoms with E-state index in [1.165, 1.54) is 10.5 Å². The molecule has 0 aliphatic rings. The van der Waals surface area contributed by atoms with Crippen LogP contribution in [0.5, 0.6) is 0 Å². The maximum atomic E-state index is 5.34. The highest BCUT2D eigenvalue weighted by molar-refractivity contribution is 7.98. The third-order valence-corrected chi connectivity index (χ3v) is 4.72. The van der Waals surface area contributed by atoms with Gasteiger partial charge in [0.05, 0.1) is 12.6 Å². The largest absolute Gasteiger partial charge is 0.361 e. The van der Waals surface area contributed by atoms with E-state index < -0.39 is 0 Å². The van der Waals surface area contributed by atoms with Crippen LogP contribution in [0.25, 0.3) is 11.5 Å². The van der Waals surface area contributed by atoms with Crippen molar-refractivity contribution in [2.45, 2.75) is 17.1 Å². The summed E-state index contributed by atoms with van der Waals surface area (Å²) in [7, 11) is 0. The second kappa shape index (κ2) is 7.36. The molecular weight excluding hydrogens is 334 g/mol. The first-order valence-electron chi connectivity index (χ1n) is 7.86. The lowest BCUT2D eigenvalue weighted by Gasteiger charge is -2.02. The van der Waals surface area contributed by atoms with Crippen molar-refractivity contribution in [3.05, 3.63) is 84.0 Å². The highest BCUT2D eigenvalue weighted by atomic mass is 32.2. The highest BCUT2D eigenvalue weighted by Gasteiger charge is 2.11. The van der Waals surface area contributed by atoms with E-state index in [0.29, 0.717) is 23.9 Å². The zero-order chi connectivity index (χ0) is 16.9. The predicted molar refractivity (Wildman–Crippen MR) is 95.0 cm³/mol. The summed E-state index contributed by atoms with van der Waals surface area (Å²) in [6.45, 7) is 0. The van der Waals surface area contributed by atoms with Gasteiger partial charge < -0.3 is 9.05 Å². The molecule has 0 spiro atoms. The van der Waals surface area contributed by atoms with Gasteiger partial charge in [-0.05, 0) is 29.8 Å². The van der Waals surface area contributed by atoms with Crippen molar-refractivity contribution in [3.8, 4) is 11.5 Å². The van der Waals surface area contributed by atoms with Crippen LogP contribution in [-0.2, 0) is 12.2 Å². The molecule has 2 heterocycles. The van der Waals surface area contributed by atoms with Gasteiger partial charge in [0, 0.05) is 22.3 Å². The van der Waals surface area contributed by atoms with Gasteiger partial charge in [0.25, 0.3) is 5.89 Å². The first-order chi connectivity index (χ1) is 12.4. The van der Waals surface area contributed by atoms with E-state index in [1.807, 2.05) is 30.0 Å². The van der Waals surface area contributed by atoms with Crippen LogP contribution in [0, 0.1) is 0 Å². The molecule has 25 heavy (non-hydrogen) atoms. The third-order valence-electron chi connectivity index (χ3n) is 3.64. The lowest BCUT2D eigenvalue weighted by molar-refractivity contribution is 0.382. The van der Waals surface area contributed by atoms with Crippen LogP contribution in [0.15, 0.2) is 80.8 Å². The normalized spacial score (nSPS) is 10.9. The average Bonchev–Trinajstić information content (AvgIpc) is 3.34. The maximum Gasteiger partial charge on any atom is 0.257 e. The van der Waals surface area contributed by atoms with Crippen LogP contribution in [0.2, 0.25) is 0 Å². The van der Waals surface area contributed by atoms with Gasteiger partial charge in [-0.15, -0.1) is 11.8 Å². The van der Waals surface area contributed by atoms with Crippen molar-refractivity contribution in [1.82, 2.24) is 15.3 Å². The van der Waals surface area contributed by atoms with Crippen LogP contribution >= 0.6 is 11.8 Å². The molecule has 4 aromatic rings.